The molecule has 1 saturated carbocycles. The Hall–Kier alpha value is -1.13. The van der Waals surface area contributed by atoms with Crippen molar-refractivity contribution in [2.45, 2.75) is 37.7 Å². The van der Waals surface area contributed by atoms with Gasteiger partial charge in [-0.2, -0.15) is 0 Å². The summed E-state index contributed by atoms with van der Waals surface area (Å²) in [6.45, 7) is 0. The van der Waals surface area contributed by atoms with Crippen molar-refractivity contribution >= 4 is 23.8 Å². The molecule has 0 saturated heterocycles. The van der Waals surface area contributed by atoms with Crippen molar-refractivity contribution < 1.29 is 5.11 Å². The quantitative estimate of drug-likeness (QED) is 0.628. The summed E-state index contributed by atoms with van der Waals surface area (Å²) in [5.41, 5.74) is 6.25. The maximum absolute atomic E-state index is 9.48. The van der Waals surface area contributed by atoms with Crippen LogP contribution in [0.25, 0.3) is 0 Å². The molecule has 1 heterocycles. The molecule has 0 aromatic carbocycles. The van der Waals surface area contributed by atoms with Crippen LogP contribution in [0.4, 0.5) is 5.82 Å². The SMILES string of the molecule is NC=Nc1cc(Cl)c(C2CCC(O)CC2)cn1. The van der Waals surface area contributed by atoms with Crippen LogP contribution >= 0.6 is 11.6 Å². The van der Waals surface area contributed by atoms with E-state index in [1.54, 1.807) is 12.3 Å². The summed E-state index contributed by atoms with van der Waals surface area (Å²) in [6, 6.07) is 1.73. The molecule has 0 amide bonds. The number of rotatable bonds is 2. The molecule has 0 radical (unpaired) electrons. The predicted octanol–water partition coefficient (Wildman–Crippen LogP) is 2.37. The lowest BCUT2D eigenvalue weighted by molar-refractivity contribution is 0.122. The smallest absolute Gasteiger partial charge is 0.154 e. The van der Waals surface area contributed by atoms with Crippen molar-refractivity contribution in [3.63, 3.8) is 0 Å². The van der Waals surface area contributed by atoms with Crippen molar-refractivity contribution in [3.8, 4) is 0 Å². The van der Waals surface area contributed by atoms with Crippen LogP contribution in [0.5, 0.6) is 0 Å². The standard InChI is InChI=1S/C12H16ClN3O/c13-11-5-12(16-7-14)15-6-10(11)8-1-3-9(17)4-2-8/h5-9,17H,1-4H2,(H2,14,15,16). The number of nitrogens with two attached hydrogens (primary N) is 1. The molecule has 0 bridgehead atoms. The predicted molar refractivity (Wildman–Crippen MR) is 68.8 cm³/mol. The Balaban J connectivity index is 2.16. The van der Waals surface area contributed by atoms with Crippen molar-refractivity contribution in [2.24, 2.45) is 10.7 Å². The van der Waals surface area contributed by atoms with E-state index in [1.165, 1.54) is 6.34 Å². The summed E-state index contributed by atoms with van der Waals surface area (Å²) in [5, 5.41) is 10.2. The summed E-state index contributed by atoms with van der Waals surface area (Å²) >= 11 is 6.22. The lowest BCUT2D eigenvalue weighted by Crippen LogP contribution is -2.17. The fourth-order valence-corrected chi connectivity index (χ4v) is 2.57. The van der Waals surface area contributed by atoms with Gasteiger partial charge in [0.1, 0.15) is 0 Å². The average Bonchev–Trinajstić information content (AvgIpc) is 2.31. The molecule has 0 atom stereocenters. The number of aliphatic hydroxyl groups excluding tert-OH is 1. The summed E-state index contributed by atoms with van der Waals surface area (Å²) < 4.78 is 0. The summed E-state index contributed by atoms with van der Waals surface area (Å²) in [5.74, 6) is 0.923. The van der Waals surface area contributed by atoms with Crippen LogP contribution < -0.4 is 5.73 Å². The number of aromatic nitrogens is 1. The van der Waals surface area contributed by atoms with Crippen LogP contribution in [0.3, 0.4) is 0 Å². The van der Waals surface area contributed by atoms with Crippen LogP contribution in [-0.2, 0) is 0 Å². The number of nitrogens with zero attached hydrogens (tertiary/aromatic N) is 2. The molecule has 0 unspecified atom stereocenters. The van der Waals surface area contributed by atoms with E-state index in [0.29, 0.717) is 16.8 Å². The van der Waals surface area contributed by atoms with Gasteiger partial charge in [-0.15, -0.1) is 0 Å². The van der Waals surface area contributed by atoms with Crippen LogP contribution in [0, 0.1) is 0 Å². The maximum Gasteiger partial charge on any atom is 0.154 e. The lowest BCUT2D eigenvalue weighted by Gasteiger charge is -2.26. The Morgan fingerprint density at radius 1 is 1.41 bits per heavy atom. The molecule has 1 fully saturated rings. The highest BCUT2D eigenvalue weighted by Gasteiger charge is 2.22. The van der Waals surface area contributed by atoms with E-state index in [0.717, 1.165) is 31.2 Å². The van der Waals surface area contributed by atoms with Crippen LogP contribution in [0.1, 0.15) is 37.2 Å². The van der Waals surface area contributed by atoms with Gasteiger partial charge in [-0.25, -0.2) is 9.98 Å². The first-order valence-corrected chi connectivity index (χ1v) is 6.16. The Labute approximate surface area is 106 Å². The van der Waals surface area contributed by atoms with Gasteiger partial charge in [0.15, 0.2) is 5.82 Å². The lowest BCUT2D eigenvalue weighted by atomic mass is 9.83. The molecule has 17 heavy (non-hydrogen) atoms. The first-order valence-electron chi connectivity index (χ1n) is 5.78. The normalized spacial score (nSPS) is 25.3. The van der Waals surface area contributed by atoms with E-state index in [2.05, 4.69) is 9.98 Å². The molecule has 1 aromatic rings. The monoisotopic (exact) mass is 253 g/mol. The fourth-order valence-electron chi connectivity index (χ4n) is 2.27. The second-order valence-electron chi connectivity index (χ2n) is 4.35. The van der Waals surface area contributed by atoms with Gasteiger partial charge in [0.05, 0.1) is 12.4 Å². The van der Waals surface area contributed by atoms with E-state index >= 15 is 0 Å². The molecular formula is C12H16ClN3O. The Kier molecular flexibility index (Phi) is 3.97. The van der Waals surface area contributed by atoms with Gasteiger partial charge >= 0.3 is 0 Å². The average molecular weight is 254 g/mol. The van der Waals surface area contributed by atoms with Crippen molar-refractivity contribution in [3.05, 3.63) is 22.8 Å². The maximum atomic E-state index is 9.48. The number of halogens is 1. The van der Waals surface area contributed by atoms with Crippen LogP contribution in [-0.4, -0.2) is 22.5 Å². The number of aliphatic imine (C=N–C) groups is 1. The first kappa shape index (κ1) is 12.3. The van der Waals surface area contributed by atoms with Gasteiger partial charge in [-0.1, -0.05) is 11.6 Å². The van der Waals surface area contributed by atoms with Crippen molar-refractivity contribution in [2.75, 3.05) is 0 Å². The highest BCUT2D eigenvalue weighted by Crippen LogP contribution is 2.36. The Bertz CT molecular complexity index is 414. The number of aliphatic hydroxyl groups is 1. The van der Waals surface area contributed by atoms with E-state index in [4.69, 9.17) is 17.3 Å². The minimum Gasteiger partial charge on any atom is -0.393 e. The first-order chi connectivity index (χ1) is 8.20. The van der Waals surface area contributed by atoms with E-state index < -0.39 is 0 Å². The molecule has 1 aliphatic rings. The van der Waals surface area contributed by atoms with Gasteiger partial charge in [0.25, 0.3) is 0 Å². The second kappa shape index (κ2) is 5.47. The third-order valence-electron chi connectivity index (χ3n) is 3.21. The van der Waals surface area contributed by atoms with Crippen molar-refractivity contribution in [1.29, 1.82) is 0 Å². The van der Waals surface area contributed by atoms with Gasteiger partial charge < -0.3 is 10.8 Å². The fraction of sp³-hybridized carbons (Fsp3) is 0.500. The minimum absolute atomic E-state index is 0.154. The zero-order valence-corrected chi connectivity index (χ0v) is 10.3. The molecule has 1 aromatic heterocycles. The second-order valence-corrected chi connectivity index (χ2v) is 4.75. The molecule has 1 aliphatic carbocycles. The van der Waals surface area contributed by atoms with E-state index in [-0.39, 0.29) is 6.10 Å². The molecular weight excluding hydrogens is 238 g/mol. The van der Waals surface area contributed by atoms with Gasteiger partial charge in [-0.05, 0) is 37.2 Å². The molecule has 2 rings (SSSR count). The number of hydrogen-bond donors (Lipinski definition) is 2. The largest absolute Gasteiger partial charge is 0.393 e. The van der Waals surface area contributed by atoms with Crippen LogP contribution in [0.15, 0.2) is 17.3 Å². The minimum atomic E-state index is -0.154. The van der Waals surface area contributed by atoms with E-state index in [9.17, 15) is 5.11 Å². The molecule has 4 nitrogen and oxygen atoms in total. The molecule has 0 aliphatic heterocycles. The summed E-state index contributed by atoms with van der Waals surface area (Å²) in [7, 11) is 0. The highest BCUT2D eigenvalue weighted by molar-refractivity contribution is 6.31. The zero-order valence-electron chi connectivity index (χ0n) is 9.51. The number of hydrogen-bond acceptors (Lipinski definition) is 3. The Morgan fingerprint density at radius 2 is 2.12 bits per heavy atom. The summed E-state index contributed by atoms with van der Waals surface area (Å²) in [6.07, 6.45) is 6.42. The third-order valence-corrected chi connectivity index (χ3v) is 3.54. The highest BCUT2D eigenvalue weighted by atomic mass is 35.5. The van der Waals surface area contributed by atoms with Gasteiger partial charge in [0.2, 0.25) is 0 Å². The zero-order chi connectivity index (χ0) is 12.3. The van der Waals surface area contributed by atoms with E-state index in [1.807, 2.05) is 0 Å². The van der Waals surface area contributed by atoms with Gasteiger partial charge in [0, 0.05) is 17.3 Å². The number of pyridine rings is 1. The van der Waals surface area contributed by atoms with Gasteiger partial charge in [-0.3, -0.25) is 0 Å². The van der Waals surface area contributed by atoms with Crippen LogP contribution in [0.2, 0.25) is 5.02 Å². The Morgan fingerprint density at radius 3 is 2.71 bits per heavy atom. The molecule has 0 spiro atoms. The summed E-state index contributed by atoms with van der Waals surface area (Å²) in [4.78, 5) is 8.08. The molecule has 92 valence electrons. The third kappa shape index (κ3) is 2.96. The topological polar surface area (TPSA) is 71.5 Å². The molecule has 5 heteroatoms. The van der Waals surface area contributed by atoms with Crippen molar-refractivity contribution in [1.82, 2.24) is 4.98 Å². The molecule has 3 N–H and O–H groups in total.